The van der Waals surface area contributed by atoms with Gasteiger partial charge in [-0.05, 0) is 13.5 Å². The number of fused-ring (bicyclic) bond motifs is 3. The van der Waals surface area contributed by atoms with Crippen molar-refractivity contribution in [3.63, 3.8) is 0 Å². The molecule has 2 fully saturated rings. The van der Waals surface area contributed by atoms with Crippen molar-refractivity contribution in [2.24, 2.45) is 0 Å². The number of piperazine rings is 1. The third-order valence-corrected chi connectivity index (χ3v) is 4.69. The Labute approximate surface area is 117 Å². The van der Waals surface area contributed by atoms with Crippen LogP contribution >= 0.6 is 11.6 Å². The molecule has 0 amide bonds. The van der Waals surface area contributed by atoms with Gasteiger partial charge in [-0.15, -0.1) is 10.2 Å². The van der Waals surface area contributed by atoms with Crippen molar-refractivity contribution in [2.45, 2.75) is 18.5 Å². The number of halogens is 1. The number of hydrogen-bond donors (Lipinski definition) is 0. The summed E-state index contributed by atoms with van der Waals surface area (Å²) in [7, 11) is 2.20. The molecular weight excluding hydrogens is 260 g/mol. The van der Waals surface area contributed by atoms with E-state index in [4.69, 9.17) is 11.6 Å². The van der Waals surface area contributed by atoms with Crippen LogP contribution in [0.25, 0.3) is 10.8 Å². The minimum atomic E-state index is 0.487. The zero-order valence-corrected chi connectivity index (χ0v) is 11.5. The standard InChI is InChI=1S/C14H15ClN4/c1-18-7-10-6-9(18)8-19(10)14-12-5-3-2-4-11(12)13(15)16-17-14/h2-5,9-10H,6-8H2,1H3/t9-,10+/m1/s1. The van der Waals surface area contributed by atoms with Crippen LogP contribution in [-0.2, 0) is 0 Å². The Kier molecular flexibility index (Phi) is 2.44. The zero-order chi connectivity index (χ0) is 13.0. The van der Waals surface area contributed by atoms with Crippen LogP contribution in [0.5, 0.6) is 0 Å². The highest BCUT2D eigenvalue weighted by atomic mass is 35.5. The van der Waals surface area contributed by atoms with Gasteiger partial charge in [0.2, 0.25) is 0 Å². The number of likely N-dealkylation sites (tertiary alicyclic amines) is 1. The van der Waals surface area contributed by atoms with Crippen molar-refractivity contribution < 1.29 is 0 Å². The van der Waals surface area contributed by atoms with Crippen molar-refractivity contribution >= 4 is 28.2 Å². The summed E-state index contributed by atoms with van der Waals surface area (Å²) in [5, 5.41) is 11.1. The second kappa shape index (κ2) is 4.05. The fraction of sp³-hybridized carbons (Fsp3) is 0.429. The highest BCUT2D eigenvalue weighted by molar-refractivity contribution is 6.34. The molecule has 0 spiro atoms. The Hall–Kier alpha value is -1.39. The second-order valence-corrected chi connectivity index (χ2v) is 5.85. The molecule has 0 radical (unpaired) electrons. The van der Waals surface area contributed by atoms with E-state index < -0.39 is 0 Å². The Morgan fingerprint density at radius 3 is 2.58 bits per heavy atom. The highest BCUT2D eigenvalue weighted by Crippen LogP contribution is 2.36. The monoisotopic (exact) mass is 274 g/mol. The molecule has 2 aliphatic heterocycles. The van der Waals surface area contributed by atoms with Crippen molar-refractivity contribution in [2.75, 3.05) is 25.0 Å². The molecule has 2 aromatic rings. The average molecular weight is 275 g/mol. The van der Waals surface area contributed by atoms with Crippen LogP contribution in [0.2, 0.25) is 5.15 Å². The number of benzene rings is 1. The summed E-state index contributed by atoms with van der Waals surface area (Å²) in [6.07, 6.45) is 1.23. The lowest BCUT2D eigenvalue weighted by atomic mass is 10.1. The third kappa shape index (κ3) is 1.63. The Balaban J connectivity index is 1.83. The lowest BCUT2D eigenvalue weighted by molar-refractivity contribution is 0.292. The Bertz CT molecular complexity index is 642. The maximum Gasteiger partial charge on any atom is 0.159 e. The van der Waals surface area contributed by atoms with Crippen LogP contribution in [0.3, 0.4) is 0 Å². The third-order valence-electron chi connectivity index (χ3n) is 4.41. The van der Waals surface area contributed by atoms with Gasteiger partial charge in [-0.3, -0.25) is 4.90 Å². The fourth-order valence-corrected chi connectivity index (χ4v) is 3.60. The minimum Gasteiger partial charge on any atom is -0.349 e. The summed E-state index contributed by atoms with van der Waals surface area (Å²) in [4.78, 5) is 4.84. The van der Waals surface area contributed by atoms with Crippen molar-refractivity contribution in [1.82, 2.24) is 15.1 Å². The molecule has 3 heterocycles. The number of aromatic nitrogens is 2. The number of nitrogens with zero attached hydrogens (tertiary/aromatic N) is 4. The van der Waals surface area contributed by atoms with E-state index in [1.54, 1.807) is 0 Å². The molecule has 0 N–H and O–H groups in total. The first-order valence-electron chi connectivity index (χ1n) is 6.62. The summed E-state index contributed by atoms with van der Waals surface area (Å²) in [6.45, 7) is 2.16. The van der Waals surface area contributed by atoms with Crippen LogP contribution in [-0.4, -0.2) is 47.3 Å². The van der Waals surface area contributed by atoms with E-state index in [0.29, 0.717) is 17.2 Å². The van der Waals surface area contributed by atoms with E-state index in [1.807, 2.05) is 18.2 Å². The van der Waals surface area contributed by atoms with Gasteiger partial charge < -0.3 is 4.90 Å². The predicted octanol–water partition coefficient (Wildman–Crippen LogP) is 2.18. The molecule has 5 heteroatoms. The normalized spacial score (nSPS) is 26.5. The van der Waals surface area contributed by atoms with Gasteiger partial charge in [-0.25, -0.2) is 0 Å². The van der Waals surface area contributed by atoms with Crippen LogP contribution in [0.15, 0.2) is 24.3 Å². The second-order valence-electron chi connectivity index (χ2n) is 5.50. The topological polar surface area (TPSA) is 32.3 Å². The van der Waals surface area contributed by atoms with E-state index in [-0.39, 0.29) is 0 Å². The molecule has 98 valence electrons. The molecule has 2 atom stereocenters. The first-order chi connectivity index (χ1) is 9.24. The van der Waals surface area contributed by atoms with E-state index in [2.05, 4.69) is 33.1 Å². The van der Waals surface area contributed by atoms with Crippen molar-refractivity contribution in [1.29, 1.82) is 0 Å². The minimum absolute atomic E-state index is 0.487. The SMILES string of the molecule is CN1C[C@@H]2C[C@@H]1CN2c1nnc(Cl)c2ccccc12. The first-order valence-corrected chi connectivity index (χ1v) is 6.99. The van der Waals surface area contributed by atoms with Crippen molar-refractivity contribution in [3.8, 4) is 0 Å². The van der Waals surface area contributed by atoms with Crippen LogP contribution in [0, 0.1) is 0 Å². The van der Waals surface area contributed by atoms with Gasteiger partial charge in [-0.1, -0.05) is 35.9 Å². The molecule has 0 aliphatic carbocycles. The summed E-state index contributed by atoms with van der Waals surface area (Å²) in [6, 6.07) is 9.33. The van der Waals surface area contributed by atoms with E-state index in [9.17, 15) is 0 Å². The molecule has 0 unspecified atom stereocenters. The molecule has 1 aromatic carbocycles. The molecule has 2 saturated heterocycles. The van der Waals surface area contributed by atoms with Crippen LogP contribution < -0.4 is 4.90 Å². The molecule has 1 aromatic heterocycles. The molecular formula is C14H15ClN4. The van der Waals surface area contributed by atoms with Crippen molar-refractivity contribution in [3.05, 3.63) is 29.4 Å². The highest BCUT2D eigenvalue weighted by Gasteiger charge is 2.42. The summed E-state index contributed by atoms with van der Waals surface area (Å²) in [5.41, 5.74) is 0. The average Bonchev–Trinajstić information content (AvgIpc) is 2.98. The Morgan fingerprint density at radius 2 is 1.89 bits per heavy atom. The molecule has 2 aliphatic rings. The summed E-state index contributed by atoms with van der Waals surface area (Å²) < 4.78 is 0. The molecule has 4 rings (SSSR count). The van der Waals surface area contributed by atoms with Gasteiger partial charge >= 0.3 is 0 Å². The maximum absolute atomic E-state index is 6.14. The maximum atomic E-state index is 6.14. The smallest absolute Gasteiger partial charge is 0.159 e. The largest absolute Gasteiger partial charge is 0.349 e. The molecule has 2 bridgehead atoms. The van der Waals surface area contributed by atoms with E-state index in [0.717, 1.165) is 29.7 Å². The van der Waals surface area contributed by atoms with E-state index >= 15 is 0 Å². The van der Waals surface area contributed by atoms with Gasteiger partial charge in [0.25, 0.3) is 0 Å². The zero-order valence-electron chi connectivity index (χ0n) is 10.8. The predicted molar refractivity (Wildman–Crippen MR) is 76.7 cm³/mol. The molecule has 19 heavy (non-hydrogen) atoms. The fourth-order valence-electron chi connectivity index (χ4n) is 3.39. The van der Waals surface area contributed by atoms with Gasteiger partial charge in [-0.2, -0.15) is 0 Å². The summed E-state index contributed by atoms with van der Waals surface area (Å²) >= 11 is 6.14. The number of anilines is 1. The lowest BCUT2D eigenvalue weighted by Gasteiger charge is -2.33. The van der Waals surface area contributed by atoms with Gasteiger partial charge in [0.15, 0.2) is 11.0 Å². The van der Waals surface area contributed by atoms with Gasteiger partial charge in [0.05, 0.1) is 0 Å². The Morgan fingerprint density at radius 1 is 1.11 bits per heavy atom. The van der Waals surface area contributed by atoms with Crippen LogP contribution in [0.4, 0.5) is 5.82 Å². The van der Waals surface area contributed by atoms with E-state index in [1.165, 1.54) is 6.42 Å². The number of rotatable bonds is 1. The lowest BCUT2D eigenvalue weighted by Crippen LogP contribution is -2.45. The quantitative estimate of drug-likeness (QED) is 0.798. The molecule has 0 saturated carbocycles. The van der Waals surface area contributed by atoms with Gasteiger partial charge in [0, 0.05) is 35.9 Å². The summed E-state index contributed by atoms with van der Waals surface area (Å²) in [5.74, 6) is 0.987. The van der Waals surface area contributed by atoms with Crippen LogP contribution in [0.1, 0.15) is 6.42 Å². The van der Waals surface area contributed by atoms with Gasteiger partial charge in [0.1, 0.15) is 0 Å². The first kappa shape index (κ1) is 11.4. The molecule has 4 nitrogen and oxygen atoms in total. The number of likely N-dealkylation sites (N-methyl/N-ethyl adjacent to an activating group) is 1. The number of hydrogen-bond acceptors (Lipinski definition) is 4.